The summed E-state index contributed by atoms with van der Waals surface area (Å²) >= 11 is 3.26. The molecular weight excluding hydrogens is 309 g/mol. The van der Waals surface area contributed by atoms with Crippen molar-refractivity contribution >= 4 is 15.9 Å². The number of rotatable bonds is 5. The molecule has 2 nitrogen and oxygen atoms in total. The van der Waals surface area contributed by atoms with Crippen LogP contribution in [0.4, 0.5) is 4.39 Å². The maximum absolute atomic E-state index is 13.8. The second kappa shape index (κ2) is 5.80. The number of ether oxygens (including phenoxy) is 1. The molecule has 2 atom stereocenters. The maximum atomic E-state index is 13.8. The molecule has 1 aromatic carbocycles. The van der Waals surface area contributed by atoms with E-state index in [-0.39, 0.29) is 17.3 Å². The molecule has 2 rings (SSSR count). The molecular formula is C15H21BrFNO. The fourth-order valence-electron chi connectivity index (χ4n) is 3.24. The van der Waals surface area contributed by atoms with Crippen LogP contribution in [0.5, 0.6) is 5.75 Å². The van der Waals surface area contributed by atoms with E-state index in [1.807, 2.05) is 13.1 Å². The van der Waals surface area contributed by atoms with Crippen LogP contribution in [0.15, 0.2) is 22.7 Å². The van der Waals surface area contributed by atoms with E-state index >= 15 is 0 Å². The molecule has 0 bridgehead atoms. The van der Waals surface area contributed by atoms with Gasteiger partial charge in [0.25, 0.3) is 0 Å². The number of hydrogen-bond donors (Lipinski definition) is 1. The summed E-state index contributed by atoms with van der Waals surface area (Å²) in [7, 11) is 1.99. The lowest BCUT2D eigenvalue weighted by Crippen LogP contribution is -2.63. The third-order valence-corrected chi connectivity index (χ3v) is 5.11. The van der Waals surface area contributed by atoms with Crippen LogP contribution in [0.1, 0.15) is 33.1 Å². The van der Waals surface area contributed by atoms with Crippen LogP contribution in [0.25, 0.3) is 0 Å². The molecule has 4 heteroatoms. The van der Waals surface area contributed by atoms with Crippen molar-refractivity contribution in [3.63, 3.8) is 0 Å². The Morgan fingerprint density at radius 2 is 2.11 bits per heavy atom. The summed E-state index contributed by atoms with van der Waals surface area (Å²) in [6.07, 6.45) is 3.11. The van der Waals surface area contributed by atoms with Gasteiger partial charge >= 0.3 is 0 Å². The lowest BCUT2D eigenvalue weighted by molar-refractivity contribution is -0.0849. The van der Waals surface area contributed by atoms with E-state index in [9.17, 15) is 4.39 Å². The van der Waals surface area contributed by atoms with Crippen molar-refractivity contribution in [1.29, 1.82) is 0 Å². The van der Waals surface area contributed by atoms with Gasteiger partial charge in [0.1, 0.15) is 6.10 Å². The van der Waals surface area contributed by atoms with Crippen LogP contribution in [0, 0.1) is 11.2 Å². The van der Waals surface area contributed by atoms with Gasteiger partial charge in [-0.05, 0) is 38.1 Å². The lowest BCUT2D eigenvalue weighted by atomic mass is 9.58. The quantitative estimate of drug-likeness (QED) is 0.876. The maximum Gasteiger partial charge on any atom is 0.166 e. The fraction of sp³-hybridized carbons (Fsp3) is 0.600. The zero-order valence-electron chi connectivity index (χ0n) is 11.7. The van der Waals surface area contributed by atoms with Gasteiger partial charge in [0.05, 0.1) is 0 Å². The van der Waals surface area contributed by atoms with E-state index < -0.39 is 0 Å². The Balaban J connectivity index is 2.15. The van der Waals surface area contributed by atoms with Gasteiger partial charge in [-0.3, -0.25) is 0 Å². The summed E-state index contributed by atoms with van der Waals surface area (Å²) in [6.45, 7) is 4.36. The second-order valence-corrected chi connectivity index (χ2v) is 6.11. The van der Waals surface area contributed by atoms with Gasteiger partial charge in [-0.2, -0.15) is 0 Å². The standard InChI is InChI=1S/C15H21BrFNO/c1-4-15(5-2)13(18-3)9-14(15)19-12-7-6-10(16)8-11(12)17/h6-8,13-14,18H,4-5,9H2,1-3H3. The highest BCUT2D eigenvalue weighted by atomic mass is 79.9. The zero-order valence-corrected chi connectivity index (χ0v) is 13.3. The van der Waals surface area contributed by atoms with Gasteiger partial charge in [-0.15, -0.1) is 0 Å². The number of hydrogen-bond acceptors (Lipinski definition) is 2. The molecule has 1 saturated carbocycles. The van der Waals surface area contributed by atoms with E-state index in [2.05, 4.69) is 35.1 Å². The molecule has 2 unspecified atom stereocenters. The predicted molar refractivity (Wildman–Crippen MR) is 79.0 cm³/mol. The summed E-state index contributed by atoms with van der Waals surface area (Å²) in [5.74, 6) is 0.0532. The fourth-order valence-corrected chi connectivity index (χ4v) is 3.57. The summed E-state index contributed by atoms with van der Waals surface area (Å²) in [5, 5.41) is 3.35. The average Bonchev–Trinajstić information content (AvgIpc) is 2.38. The molecule has 1 N–H and O–H groups in total. The Hall–Kier alpha value is -0.610. The minimum absolute atomic E-state index is 0.0932. The summed E-state index contributed by atoms with van der Waals surface area (Å²) in [6, 6.07) is 5.42. The minimum atomic E-state index is -0.302. The van der Waals surface area contributed by atoms with E-state index in [0.717, 1.165) is 23.7 Å². The zero-order chi connectivity index (χ0) is 14.0. The van der Waals surface area contributed by atoms with Crippen molar-refractivity contribution in [3.8, 4) is 5.75 Å². The van der Waals surface area contributed by atoms with Crippen molar-refractivity contribution < 1.29 is 9.13 Å². The minimum Gasteiger partial charge on any atom is -0.487 e. The Kier molecular flexibility index (Phi) is 4.51. The largest absolute Gasteiger partial charge is 0.487 e. The van der Waals surface area contributed by atoms with Gasteiger partial charge in [0.15, 0.2) is 11.6 Å². The van der Waals surface area contributed by atoms with E-state index in [1.54, 1.807) is 6.07 Å². The highest BCUT2D eigenvalue weighted by Gasteiger charge is 2.53. The second-order valence-electron chi connectivity index (χ2n) is 5.20. The van der Waals surface area contributed by atoms with Crippen LogP contribution in [0.2, 0.25) is 0 Å². The predicted octanol–water partition coefficient (Wildman–Crippen LogP) is 4.13. The lowest BCUT2D eigenvalue weighted by Gasteiger charge is -2.55. The molecule has 19 heavy (non-hydrogen) atoms. The molecule has 0 aromatic heterocycles. The van der Waals surface area contributed by atoms with Gasteiger partial charge in [0, 0.05) is 22.4 Å². The van der Waals surface area contributed by atoms with E-state index in [0.29, 0.717) is 11.8 Å². The average molecular weight is 330 g/mol. The normalized spacial score (nSPS) is 24.9. The smallest absolute Gasteiger partial charge is 0.166 e. The van der Waals surface area contributed by atoms with Crippen molar-refractivity contribution in [1.82, 2.24) is 5.32 Å². The molecule has 1 aromatic rings. The SMILES string of the molecule is CCC1(CC)C(NC)CC1Oc1ccc(Br)cc1F. The van der Waals surface area contributed by atoms with Crippen molar-refractivity contribution in [3.05, 3.63) is 28.5 Å². The molecule has 0 amide bonds. The molecule has 0 heterocycles. The van der Waals surface area contributed by atoms with Crippen LogP contribution in [0.3, 0.4) is 0 Å². The first-order chi connectivity index (χ1) is 9.07. The summed E-state index contributed by atoms with van der Waals surface area (Å²) < 4.78 is 20.5. The highest BCUT2D eigenvalue weighted by molar-refractivity contribution is 9.10. The molecule has 1 fully saturated rings. The van der Waals surface area contributed by atoms with E-state index in [1.165, 1.54) is 6.07 Å². The van der Waals surface area contributed by atoms with Crippen molar-refractivity contribution in [2.24, 2.45) is 5.41 Å². The van der Waals surface area contributed by atoms with Crippen LogP contribution < -0.4 is 10.1 Å². The Morgan fingerprint density at radius 3 is 2.63 bits per heavy atom. The molecule has 1 aliphatic carbocycles. The highest BCUT2D eigenvalue weighted by Crippen LogP contribution is 2.49. The first-order valence-electron chi connectivity index (χ1n) is 6.86. The molecule has 0 aliphatic heterocycles. The Labute approximate surface area is 122 Å². The molecule has 0 radical (unpaired) electrons. The first-order valence-corrected chi connectivity index (χ1v) is 7.65. The molecule has 106 valence electrons. The molecule has 1 aliphatic rings. The number of nitrogens with one attached hydrogen (secondary N) is 1. The van der Waals surface area contributed by atoms with Gasteiger partial charge in [-0.1, -0.05) is 29.8 Å². The first kappa shape index (κ1) is 14.8. The van der Waals surface area contributed by atoms with Crippen LogP contribution >= 0.6 is 15.9 Å². The topological polar surface area (TPSA) is 21.3 Å². The third-order valence-electron chi connectivity index (χ3n) is 4.61. The van der Waals surface area contributed by atoms with Crippen LogP contribution in [-0.2, 0) is 0 Å². The Morgan fingerprint density at radius 1 is 1.42 bits per heavy atom. The monoisotopic (exact) mass is 329 g/mol. The van der Waals surface area contributed by atoms with Crippen molar-refractivity contribution in [2.75, 3.05) is 7.05 Å². The molecule has 0 spiro atoms. The van der Waals surface area contributed by atoms with Gasteiger partial charge < -0.3 is 10.1 Å². The van der Waals surface area contributed by atoms with Gasteiger partial charge in [0.2, 0.25) is 0 Å². The summed E-state index contributed by atoms with van der Waals surface area (Å²) in [4.78, 5) is 0. The number of benzene rings is 1. The summed E-state index contributed by atoms with van der Waals surface area (Å²) in [5.41, 5.74) is 0.119. The molecule has 0 saturated heterocycles. The van der Waals surface area contributed by atoms with Crippen LogP contribution in [-0.4, -0.2) is 19.2 Å². The van der Waals surface area contributed by atoms with E-state index in [4.69, 9.17) is 4.74 Å². The Bertz CT molecular complexity index is 448. The number of halogens is 2. The van der Waals surface area contributed by atoms with Crippen molar-refractivity contribution in [2.45, 2.75) is 45.3 Å². The van der Waals surface area contributed by atoms with Gasteiger partial charge in [-0.25, -0.2) is 4.39 Å². The third kappa shape index (κ3) is 2.52.